The van der Waals surface area contributed by atoms with Crippen molar-refractivity contribution in [1.29, 1.82) is 5.41 Å². The molecule has 0 aliphatic carbocycles. The van der Waals surface area contributed by atoms with Crippen LogP contribution in [0.5, 0.6) is 0 Å². The fourth-order valence-corrected chi connectivity index (χ4v) is 3.96. The predicted octanol–water partition coefficient (Wildman–Crippen LogP) is 2.73. The molecule has 7 nitrogen and oxygen atoms in total. The van der Waals surface area contributed by atoms with Gasteiger partial charge in [0.2, 0.25) is 0 Å². The third-order valence-corrected chi connectivity index (χ3v) is 5.55. The molecule has 156 valence electrons. The van der Waals surface area contributed by atoms with E-state index in [2.05, 4.69) is 15.4 Å². The molecule has 1 aliphatic heterocycles. The molecule has 0 bridgehead atoms. The maximum Gasteiger partial charge on any atom is 0.277 e. The summed E-state index contributed by atoms with van der Waals surface area (Å²) in [4.78, 5) is 18.0. The quantitative estimate of drug-likeness (QED) is 0.305. The summed E-state index contributed by atoms with van der Waals surface area (Å²) in [6.07, 6.45) is 4.33. The Bertz CT molecular complexity index is 1100. The monoisotopic (exact) mass is 404 g/mol. The van der Waals surface area contributed by atoms with E-state index in [4.69, 9.17) is 11.1 Å². The van der Waals surface area contributed by atoms with Crippen LogP contribution in [0.15, 0.2) is 53.3 Å². The molecule has 4 N–H and O–H groups in total. The van der Waals surface area contributed by atoms with Gasteiger partial charge < -0.3 is 10.3 Å². The van der Waals surface area contributed by atoms with E-state index >= 15 is 0 Å². The molecular formula is C23H28N6O. The van der Waals surface area contributed by atoms with Gasteiger partial charge in [-0.1, -0.05) is 36.8 Å². The van der Waals surface area contributed by atoms with Crippen LogP contribution in [0, 0.1) is 5.41 Å². The van der Waals surface area contributed by atoms with E-state index in [-0.39, 0.29) is 11.4 Å². The molecule has 7 heteroatoms. The Balaban J connectivity index is 1.58. The molecule has 30 heavy (non-hydrogen) atoms. The number of unbranched alkanes of at least 4 members (excludes halogenated alkanes) is 2. The fraction of sp³-hybridized carbons (Fsp3) is 0.348. The molecule has 0 atom stereocenters. The van der Waals surface area contributed by atoms with Crippen molar-refractivity contribution in [3.63, 3.8) is 0 Å². The standard InChI is InChI=1S/C23H28N6O/c24-22(25)18-9-6-8-17(16-18)21-23(30)29(20-11-3-2-10-19(20)27-21)15-5-1-4-13-28-14-7-12-26-28/h2-3,6,8-11,16,26H,1,4-5,7,12-15H2,(H3,24,25). The number of amidine groups is 1. The Morgan fingerprint density at radius 3 is 2.73 bits per heavy atom. The maximum atomic E-state index is 13.3. The van der Waals surface area contributed by atoms with Gasteiger partial charge in [0.05, 0.1) is 11.0 Å². The second-order valence-corrected chi connectivity index (χ2v) is 7.71. The molecule has 0 unspecified atom stereocenters. The van der Waals surface area contributed by atoms with E-state index in [1.807, 2.05) is 34.9 Å². The van der Waals surface area contributed by atoms with Crippen LogP contribution in [-0.2, 0) is 6.54 Å². The smallest absolute Gasteiger partial charge is 0.277 e. The summed E-state index contributed by atoms with van der Waals surface area (Å²) in [5.74, 6) is -0.0227. The van der Waals surface area contributed by atoms with E-state index in [9.17, 15) is 4.79 Å². The molecule has 2 aromatic carbocycles. The summed E-state index contributed by atoms with van der Waals surface area (Å²) in [5.41, 5.74) is 12.2. The van der Waals surface area contributed by atoms with Crippen molar-refractivity contribution in [2.75, 3.05) is 19.6 Å². The summed E-state index contributed by atoms with van der Waals surface area (Å²) < 4.78 is 1.84. The van der Waals surface area contributed by atoms with Gasteiger partial charge in [0.1, 0.15) is 11.5 Å². The summed E-state index contributed by atoms with van der Waals surface area (Å²) >= 11 is 0. The van der Waals surface area contributed by atoms with Crippen molar-refractivity contribution in [2.24, 2.45) is 5.73 Å². The molecule has 1 aliphatic rings. The molecule has 1 fully saturated rings. The minimum atomic E-state index is -0.101. The summed E-state index contributed by atoms with van der Waals surface area (Å²) in [6, 6.07) is 14.9. The fourth-order valence-electron chi connectivity index (χ4n) is 3.96. The molecular weight excluding hydrogens is 376 g/mol. The molecule has 0 spiro atoms. The van der Waals surface area contributed by atoms with E-state index in [1.54, 1.807) is 18.2 Å². The lowest BCUT2D eigenvalue weighted by molar-refractivity contribution is 0.247. The van der Waals surface area contributed by atoms with E-state index < -0.39 is 0 Å². The molecule has 1 saturated heterocycles. The van der Waals surface area contributed by atoms with Crippen molar-refractivity contribution >= 4 is 16.9 Å². The van der Waals surface area contributed by atoms with Gasteiger partial charge in [0.25, 0.3) is 5.56 Å². The number of para-hydroxylation sites is 2. The largest absolute Gasteiger partial charge is 0.384 e. The highest BCUT2D eigenvalue weighted by Gasteiger charge is 2.14. The average Bonchev–Trinajstić information content (AvgIpc) is 3.28. The van der Waals surface area contributed by atoms with Gasteiger partial charge in [-0.15, -0.1) is 0 Å². The van der Waals surface area contributed by atoms with Crippen LogP contribution in [0.25, 0.3) is 22.3 Å². The Kier molecular flexibility index (Phi) is 6.21. The number of aromatic nitrogens is 2. The van der Waals surface area contributed by atoms with Gasteiger partial charge in [0.15, 0.2) is 0 Å². The zero-order valence-electron chi connectivity index (χ0n) is 17.1. The molecule has 0 saturated carbocycles. The number of nitrogen functional groups attached to an aromatic ring is 1. The van der Waals surface area contributed by atoms with Crippen molar-refractivity contribution in [2.45, 2.75) is 32.2 Å². The third-order valence-electron chi connectivity index (χ3n) is 5.55. The zero-order chi connectivity index (χ0) is 20.9. The van der Waals surface area contributed by atoms with Crippen molar-refractivity contribution in [1.82, 2.24) is 20.0 Å². The Hall–Kier alpha value is -3.03. The minimum Gasteiger partial charge on any atom is -0.384 e. The highest BCUT2D eigenvalue weighted by Crippen LogP contribution is 2.19. The number of aryl methyl sites for hydroxylation is 1. The number of rotatable bonds is 8. The number of hydrazine groups is 1. The van der Waals surface area contributed by atoms with Gasteiger partial charge in [-0.3, -0.25) is 15.6 Å². The Morgan fingerprint density at radius 2 is 1.93 bits per heavy atom. The van der Waals surface area contributed by atoms with Gasteiger partial charge in [0, 0.05) is 37.3 Å². The van der Waals surface area contributed by atoms with Crippen LogP contribution in [0.4, 0.5) is 0 Å². The lowest BCUT2D eigenvalue weighted by Gasteiger charge is -2.15. The van der Waals surface area contributed by atoms with E-state index in [0.29, 0.717) is 23.4 Å². The Morgan fingerprint density at radius 1 is 1.10 bits per heavy atom. The first-order valence-corrected chi connectivity index (χ1v) is 10.6. The molecule has 2 heterocycles. The van der Waals surface area contributed by atoms with Crippen molar-refractivity contribution in [3.05, 3.63) is 64.4 Å². The maximum absolute atomic E-state index is 13.3. The first kappa shape index (κ1) is 20.3. The molecule has 1 aromatic heterocycles. The number of hydrogen-bond donors (Lipinski definition) is 3. The van der Waals surface area contributed by atoms with Gasteiger partial charge >= 0.3 is 0 Å². The van der Waals surface area contributed by atoms with Crippen LogP contribution < -0.4 is 16.7 Å². The average molecular weight is 405 g/mol. The van der Waals surface area contributed by atoms with Crippen molar-refractivity contribution < 1.29 is 0 Å². The lowest BCUT2D eigenvalue weighted by Crippen LogP contribution is -2.31. The number of hydrogen-bond acceptors (Lipinski definition) is 5. The lowest BCUT2D eigenvalue weighted by atomic mass is 10.1. The summed E-state index contributed by atoms with van der Waals surface area (Å²) in [6.45, 7) is 3.91. The topological polar surface area (TPSA) is 100 Å². The number of nitrogens with two attached hydrogens (primary N) is 1. The first-order chi connectivity index (χ1) is 14.6. The highest BCUT2D eigenvalue weighted by atomic mass is 16.1. The molecule has 0 radical (unpaired) electrons. The van der Waals surface area contributed by atoms with Crippen LogP contribution in [0.3, 0.4) is 0 Å². The number of benzene rings is 2. The first-order valence-electron chi connectivity index (χ1n) is 10.6. The molecule has 3 aromatic rings. The van der Waals surface area contributed by atoms with Gasteiger partial charge in [-0.05, 0) is 37.5 Å². The van der Waals surface area contributed by atoms with E-state index in [0.717, 1.165) is 49.9 Å². The highest BCUT2D eigenvalue weighted by molar-refractivity contribution is 5.96. The van der Waals surface area contributed by atoms with E-state index in [1.165, 1.54) is 6.42 Å². The van der Waals surface area contributed by atoms with Crippen molar-refractivity contribution in [3.8, 4) is 11.3 Å². The second kappa shape index (κ2) is 9.19. The third kappa shape index (κ3) is 4.42. The SMILES string of the molecule is N=C(N)c1cccc(-c2nc3ccccc3n(CCCCCN3CCCN3)c2=O)c1. The van der Waals surface area contributed by atoms with Gasteiger partial charge in [-0.25, -0.2) is 9.99 Å². The van der Waals surface area contributed by atoms with Crippen LogP contribution in [0.1, 0.15) is 31.2 Å². The number of nitrogens with one attached hydrogen (secondary N) is 2. The van der Waals surface area contributed by atoms with Crippen LogP contribution in [0.2, 0.25) is 0 Å². The Labute approximate surface area is 176 Å². The minimum absolute atomic E-state index is 0.0227. The van der Waals surface area contributed by atoms with Gasteiger partial charge in [-0.2, -0.15) is 0 Å². The summed E-state index contributed by atoms with van der Waals surface area (Å²) in [5, 5.41) is 9.97. The summed E-state index contributed by atoms with van der Waals surface area (Å²) in [7, 11) is 0. The second-order valence-electron chi connectivity index (χ2n) is 7.71. The number of nitrogens with zero attached hydrogens (tertiary/aromatic N) is 3. The van der Waals surface area contributed by atoms with Crippen LogP contribution >= 0.6 is 0 Å². The zero-order valence-corrected chi connectivity index (χ0v) is 17.1. The van der Waals surface area contributed by atoms with Crippen LogP contribution in [-0.4, -0.2) is 40.0 Å². The molecule has 0 amide bonds. The number of fused-ring (bicyclic) bond motifs is 1. The predicted molar refractivity (Wildman–Crippen MR) is 120 cm³/mol. The normalized spacial score (nSPS) is 14.4. The molecule has 4 rings (SSSR count).